The molecule has 0 fully saturated rings. The highest BCUT2D eigenvalue weighted by Gasteiger charge is 2.21. The molecule has 3 aromatic rings. The third kappa shape index (κ3) is 4.40. The smallest absolute Gasteiger partial charge is 0.244 e. The fourth-order valence-electron chi connectivity index (χ4n) is 2.62. The van der Waals surface area contributed by atoms with Crippen molar-refractivity contribution >= 4 is 37.3 Å². The van der Waals surface area contributed by atoms with Gasteiger partial charge in [0.15, 0.2) is 0 Å². The number of ether oxygens (including phenoxy) is 1. The van der Waals surface area contributed by atoms with Crippen LogP contribution in [0.2, 0.25) is 0 Å². The summed E-state index contributed by atoms with van der Waals surface area (Å²) < 4.78 is 34.0. The molecule has 0 aliphatic carbocycles. The van der Waals surface area contributed by atoms with E-state index in [1.54, 1.807) is 12.1 Å². The first-order valence-electron chi connectivity index (χ1n) is 8.17. The van der Waals surface area contributed by atoms with Crippen LogP contribution in [0.15, 0.2) is 51.8 Å². The van der Waals surface area contributed by atoms with Crippen molar-refractivity contribution in [3.8, 4) is 16.3 Å². The molecular weight excluding hydrogens is 448 g/mol. The Labute approximate surface area is 171 Å². The average molecular weight is 467 g/mol. The first-order chi connectivity index (χ1) is 12.8. The number of aromatic nitrogens is 1. The van der Waals surface area contributed by atoms with Crippen LogP contribution in [0.3, 0.4) is 0 Å². The van der Waals surface area contributed by atoms with Gasteiger partial charge in [-0.3, -0.25) is 0 Å². The number of halogens is 1. The van der Waals surface area contributed by atoms with Gasteiger partial charge < -0.3 is 4.74 Å². The molecule has 2 aromatic carbocycles. The lowest BCUT2D eigenvalue weighted by atomic mass is 10.1. The lowest BCUT2D eigenvalue weighted by molar-refractivity contribution is 0.402. The number of nitrogens with zero attached hydrogens (tertiary/aromatic N) is 1. The Bertz CT molecular complexity index is 1080. The molecule has 0 aliphatic heterocycles. The van der Waals surface area contributed by atoms with Crippen molar-refractivity contribution < 1.29 is 13.2 Å². The van der Waals surface area contributed by atoms with Crippen LogP contribution in [-0.2, 0) is 16.6 Å². The Balaban J connectivity index is 1.85. The van der Waals surface area contributed by atoms with Crippen molar-refractivity contribution in [1.29, 1.82) is 0 Å². The van der Waals surface area contributed by atoms with E-state index in [2.05, 4.69) is 25.6 Å². The fourth-order valence-corrected chi connectivity index (χ4v) is 5.50. The number of benzene rings is 2. The largest absolute Gasteiger partial charge is 0.495 e. The molecule has 142 valence electrons. The second kappa shape index (κ2) is 8.10. The Morgan fingerprint density at radius 3 is 2.63 bits per heavy atom. The summed E-state index contributed by atoms with van der Waals surface area (Å²) >= 11 is 4.80. The first kappa shape index (κ1) is 20.0. The standard InChI is InChI=1S/C19H19BrN2O3S2/c1-12-6-4-5-7-15(12)19-22-13(2)17(26-19)11-21-27(23,24)18-10-14(20)8-9-16(18)25-3/h4-10,21H,11H2,1-3H3. The quantitative estimate of drug-likeness (QED) is 0.572. The number of sulfonamides is 1. The van der Waals surface area contributed by atoms with E-state index in [1.165, 1.54) is 24.5 Å². The molecule has 0 unspecified atom stereocenters. The van der Waals surface area contributed by atoms with E-state index in [-0.39, 0.29) is 11.4 Å². The minimum Gasteiger partial charge on any atom is -0.495 e. The van der Waals surface area contributed by atoms with Crippen LogP contribution in [0, 0.1) is 13.8 Å². The summed E-state index contributed by atoms with van der Waals surface area (Å²) in [5.74, 6) is 0.298. The first-order valence-corrected chi connectivity index (χ1v) is 11.3. The maximum Gasteiger partial charge on any atom is 0.244 e. The Morgan fingerprint density at radius 1 is 1.19 bits per heavy atom. The molecule has 0 saturated carbocycles. The molecule has 0 spiro atoms. The van der Waals surface area contributed by atoms with Gasteiger partial charge in [0.1, 0.15) is 15.7 Å². The van der Waals surface area contributed by atoms with Crippen molar-refractivity contribution in [3.05, 3.63) is 63.1 Å². The van der Waals surface area contributed by atoms with Crippen molar-refractivity contribution in [3.63, 3.8) is 0 Å². The van der Waals surface area contributed by atoms with Gasteiger partial charge in [-0.1, -0.05) is 40.2 Å². The monoisotopic (exact) mass is 466 g/mol. The van der Waals surface area contributed by atoms with E-state index in [0.717, 1.165) is 26.7 Å². The summed E-state index contributed by atoms with van der Waals surface area (Å²) in [6, 6.07) is 12.9. The van der Waals surface area contributed by atoms with E-state index in [9.17, 15) is 8.42 Å². The molecule has 0 saturated heterocycles. The number of thiazole rings is 1. The molecule has 0 aliphatic rings. The molecule has 0 amide bonds. The summed E-state index contributed by atoms with van der Waals surface area (Å²) in [6.07, 6.45) is 0. The number of rotatable bonds is 6. The zero-order chi connectivity index (χ0) is 19.6. The van der Waals surface area contributed by atoms with Gasteiger partial charge in [0.05, 0.1) is 12.8 Å². The summed E-state index contributed by atoms with van der Waals surface area (Å²) in [5.41, 5.74) is 3.02. The molecular formula is C19H19BrN2O3S2. The van der Waals surface area contributed by atoms with Crippen molar-refractivity contribution in [2.45, 2.75) is 25.3 Å². The van der Waals surface area contributed by atoms with Crippen molar-refractivity contribution in [2.75, 3.05) is 7.11 Å². The highest BCUT2D eigenvalue weighted by atomic mass is 79.9. The summed E-state index contributed by atoms with van der Waals surface area (Å²) in [4.78, 5) is 5.59. The molecule has 5 nitrogen and oxygen atoms in total. The topological polar surface area (TPSA) is 68.3 Å². The van der Waals surface area contributed by atoms with Gasteiger partial charge in [-0.2, -0.15) is 0 Å². The molecule has 1 heterocycles. The third-order valence-electron chi connectivity index (χ3n) is 4.11. The highest BCUT2D eigenvalue weighted by Crippen LogP contribution is 2.31. The van der Waals surface area contributed by atoms with Gasteiger partial charge >= 0.3 is 0 Å². The second-order valence-corrected chi connectivity index (χ2v) is 9.70. The number of hydrogen-bond acceptors (Lipinski definition) is 5. The van der Waals surface area contributed by atoms with Crippen LogP contribution in [0.25, 0.3) is 10.6 Å². The normalized spacial score (nSPS) is 11.6. The number of aryl methyl sites for hydroxylation is 2. The van der Waals surface area contributed by atoms with Crippen LogP contribution in [0.1, 0.15) is 16.1 Å². The fraction of sp³-hybridized carbons (Fsp3) is 0.211. The Hall–Kier alpha value is -1.74. The van der Waals surface area contributed by atoms with Crippen molar-refractivity contribution in [2.24, 2.45) is 0 Å². The summed E-state index contributed by atoms with van der Waals surface area (Å²) in [5, 5.41) is 0.889. The Morgan fingerprint density at radius 2 is 1.93 bits per heavy atom. The predicted molar refractivity (Wildman–Crippen MR) is 112 cm³/mol. The zero-order valence-electron chi connectivity index (χ0n) is 15.1. The van der Waals surface area contributed by atoms with E-state index in [4.69, 9.17) is 4.74 Å². The van der Waals surface area contributed by atoms with Gasteiger partial charge in [-0.05, 0) is 37.6 Å². The van der Waals surface area contributed by atoms with Crippen LogP contribution in [0.4, 0.5) is 0 Å². The minimum absolute atomic E-state index is 0.0978. The van der Waals surface area contributed by atoms with Gasteiger partial charge in [0.2, 0.25) is 10.0 Å². The molecule has 0 bridgehead atoms. The van der Waals surface area contributed by atoms with E-state index < -0.39 is 10.0 Å². The average Bonchev–Trinajstić information content (AvgIpc) is 3.01. The molecule has 1 N–H and O–H groups in total. The lowest BCUT2D eigenvalue weighted by Gasteiger charge is -2.10. The maximum absolute atomic E-state index is 12.8. The molecule has 1 aromatic heterocycles. The molecule has 0 radical (unpaired) electrons. The van der Waals surface area contributed by atoms with Crippen molar-refractivity contribution in [1.82, 2.24) is 9.71 Å². The number of nitrogens with one attached hydrogen (secondary N) is 1. The molecule has 27 heavy (non-hydrogen) atoms. The van der Waals surface area contributed by atoms with Gasteiger partial charge in [-0.15, -0.1) is 11.3 Å². The van der Waals surface area contributed by atoms with E-state index >= 15 is 0 Å². The predicted octanol–water partition coefficient (Wildman–Crippen LogP) is 4.68. The minimum atomic E-state index is -3.73. The second-order valence-electron chi connectivity index (χ2n) is 5.96. The summed E-state index contributed by atoms with van der Waals surface area (Å²) in [7, 11) is -2.28. The van der Waals surface area contributed by atoms with Gasteiger partial charge in [0.25, 0.3) is 0 Å². The number of hydrogen-bond donors (Lipinski definition) is 1. The third-order valence-corrected chi connectivity index (χ3v) is 7.21. The van der Waals surface area contributed by atoms with Gasteiger partial charge in [0, 0.05) is 21.5 Å². The van der Waals surface area contributed by atoms with Crippen LogP contribution in [0.5, 0.6) is 5.75 Å². The molecule has 0 atom stereocenters. The van der Waals surface area contributed by atoms with E-state index in [0.29, 0.717) is 10.2 Å². The Kier molecular flexibility index (Phi) is 6.00. The number of methoxy groups -OCH3 is 1. The molecule has 3 rings (SSSR count). The van der Waals surface area contributed by atoms with Crippen LogP contribution < -0.4 is 9.46 Å². The van der Waals surface area contributed by atoms with Crippen LogP contribution in [-0.4, -0.2) is 20.5 Å². The highest BCUT2D eigenvalue weighted by molar-refractivity contribution is 9.10. The van der Waals surface area contributed by atoms with E-state index in [1.807, 2.05) is 38.1 Å². The SMILES string of the molecule is COc1ccc(Br)cc1S(=O)(=O)NCc1sc(-c2ccccc2C)nc1C. The maximum atomic E-state index is 12.8. The van der Waals surface area contributed by atoms with Crippen LogP contribution >= 0.6 is 27.3 Å². The summed E-state index contributed by atoms with van der Waals surface area (Å²) in [6.45, 7) is 4.10. The molecule has 8 heteroatoms. The lowest BCUT2D eigenvalue weighted by Crippen LogP contribution is -2.23. The zero-order valence-corrected chi connectivity index (χ0v) is 18.3. The van der Waals surface area contributed by atoms with Gasteiger partial charge in [-0.25, -0.2) is 18.1 Å².